The van der Waals surface area contributed by atoms with Gasteiger partial charge in [-0.3, -0.25) is 14.9 Å². The second-order valence-electron chi connectivity index (χ2n) is 4.61. The monoisotopic (exact) mass is 268 g/mol. The number of methoxy groups -OCH3 is 1. The maximum absolute atomic E-state index is 11.9. The van der Waals surface area contributed by atoms with E-state index >= 15 is 0 Å². The molecule has 0 radical (unpaired) electrons. The lowest BCUT2D eigenvalue weighted by Gasteiger charge is -2.23. The molecule has 0 heterocycles. The Labute approximate surface area is 110 Å². The van der Waals surface area contributed by atoms with E-state index in [1.54, 1.807) is 13.8 Å². The van der Waals surface area contributed by atoms with Crippen LogP contribution in [0.4, 0.5) is 5.69 Å². The first-order valence-electron chi connectivity index (χ1n) is 5.57. The van der Waals surface area contributed by atoms with Crippen molar-refractivity contribution in [3.05, 3.63) is 33.9 Å². The highest BCUT2D eigenvalue weighted by Gasteiger charge is 2.23. The van der Waals surface area contributed by atoms with Gasteiger partial charge in [-0.25, -0.2) is 0 Å². The number of benzene rings is 1. The Morgan fingerprint density at radius 2 is 2.16 bits per heavy atom. The summed E-state index contributed by atoms with van der Waals surface area (Å²) in [6.45, 7) is 3.73. The molecule has 7 heteroatoms. The van der Waals surface area contributed by atoms with Crippen LogP contribution < -0.4 is 5.32 Å². The van der Waals surface area contributed by atoms with Gasteiger partial charge in [0.05, 0.1) is 10.5 Å². The summed E-state index contributed by atoms with van der Waals surface area (Å²) in [5.41, 5.74) is -1.12. The van der Waals surface area contributed by atoms with Crippen LogP contribution in [0.1, 0.15) is 24.2 Å². The minimum Gasteiger partial charge on any atom is -0.508 e. The van der Waals surface area contributed by atoms with Crippen LogP contribution in [-0.2, 0) is 4.74 Å². The molecule has 0 aliphatic heterocycles. The Morgan fingerprint density at radius 3 is 2.68 bits per heavy atom. The number of nitrogens with zero attached hydrogens (tertiary/aromatic N) is 1. The van der Waals surface area contributed by atoms with Crippen molar-refractivity contribution in [2.45, 2.75) is 19.4 Å². The standard InChI is InChI=1S/C12H16N2O5/c1-12(2,19-3)7-13-11(16)9-6-8(15)4-5-10(9)14(17)18/h4-6,15H,7H2,1-3H3,(H,13,16). The molecule has 2 N–H and O–H groups in total. The molecule has 1 rings (SSSR count). The molecule has 1 aromatic carbocycles. The number of amides is 1. The predicted octanol–water partition coefficient (Wildman–Crippen LogP) is 1.46. The highest BCUT2D eigenvalue weighted by Crippen LogP contribution is 2.23. The van der Waals surface area contributed by atoms with Gasteiger partial charge in [-0.1, -0.05) is 0 Å². The first kappa shape index (κ1) is 14.9. The van der Waals surface area contributed by atoms with Crippen LogP contribution >= 0.6 is 0 Å². The number of nitro benzene ring substituents is 1. The molecule has 0 spiro atoms. The molecule has 0 saturated carbocycles. The number of phenols is 1. The first-order chi connectivity index (χ1) is 8.76. The van der Waals surface area contributed by atoms with E-state index in [2.05, 4.69) is 5.32 Å². The van der Waals surface area contributed by atoms with Gasteiger partial charge in [-0.2, -0.15) is 0 Å². The molecular formula is C12H16N2O5. The van der Waals surface area contributed by atoms with Crippen molar-refractivity contribution in [2.24, 2.45) is 0 Å². The van der Waals surface area contributed by atoms with E-state index < -0.39 is 16.4 Å². The molecule has 0 bridgehead atoms. The van der Waals surface area contributed by atoms with Gasteiger partial charge >= 0.3 is 0 Å². The molecule has 0 atom stereocenters. The smallest absolute Gasteiger partial charge is 0.282 e. The van der Waals surface area contributed by atoms with Crippen LogP contribution in [0.2, 0.25) is 0 Å². The third kappa shape index (κ3) is 3.92. The van der Waals surface area contributed by atoms with Gasteiger partial charge in [-0.05, 0) is 26.0 Å². The molecule has 104 valence electrons. The van der Waals surface area contributed by atoms with Crippen molar-refractivity contribution in [1.29, 1.82) is 0 Å². The molecule has 0 aliphatic carbocycles. The lowest BCUT2D eigenvalue weighted by Crippen LogP contribution is -2.39. The van der Waals surface area contributed by atoms with Gasteiger partial charge in [-0.15, -0.1) is 0 Å². The van der Waals surface area contributed by atoms with Crippen LogP contribution in [0.5, 0.6) is 5.75 Å². The van der Waals surface area contributed by atoms with E-state index in [9.17, 15) is 20.0 Å². The van der Waals surface area contributed by atoms with Gasteiger partial charge < -0.3 is 15.2 Å². The molecule has 7 nitrogen and oxygen atoms in total. The first-order valence-corrected chi connectivity index (χ1v) is 5.57. The van der Waals surface area contributed by atoms with E-state index in [-0.39, 0.29) is 23.5 Å². The highest BCUT2D eigenvalue weighted by molar-refractivity contribution is 5.98. The largest absolute Gasteiger partial charge is 0.508 e. The summed E-state index contributed by atoms with van der Waals surface area (Å²) in [6.07, 6.45) is 0. The van der Waals surface area contributed by atoms with E-state index in [1.807, 2.05) is 0 Å². The van der Waals surface area contributed by atoms with Crippen molar-refractivity contribution in [3.8, 4) is 5.75 Å². The Morgan fingerprint density at radius 1 is 1.53 bits per heavy atom. The third-order valence-corrected chi connectivity index (χ3v) is 2.65. The van der Waals surface area contributed by atoms with E-state index in [4.69, 9.17) is 4.74 Å². The lowest BCUT2D eigenvalue weighted by atomic mass is 10.1. The third-order valence-electron chi connectivity index (χ3n) is 2.65. The summed E-state index contributed by atoms with van der Waals surface area (Å²) in [5.74, 6) is -0.838. The fourth-order valence-electron chi connectivity index (χ4n) is 1.33. The number of carbonyl (C=O) groups excluding carboxylic acids is 1. The number of ether oxygens (including phenoxy) is 1. The quantitative estimate of drug-likeness (QED) is 0.621. The van der Waals surface area contributed by atoms with Gasteiger partial charge in [0.2, 0.25) is 0 Å². The summed E-state index contributed by atoms with van der Waals surface area (Å²) in [5, 5.41) is 22.7. The molecule has 1 aromatic rings. The molecule has 0 aromatic heterocycles. The molecule has 0 saturated heterocycles. The fraction of sp³-hybridized carbons (Fsp3) is 0.417. The normalized spacial score (nSPS) is 11.1. The Kier molecular flexibility index (Phi) is 4.44. The number of nitrogens with one attached hydrogen (secondary N) is 1. The van der Waals surface area contributed by atoms with Crippen LogP contribution in [-0.4, -0.2) is 35.2 Å². The van der Waals surface area contributed by atoms with Crippen LogP contribution in [0.15, 0.2) is 18.2 Å². The zero-order valence-electron chi connectivity index (χ0n) is 11.0. The maximum atomic E-state index is 11.9. The van der Waals surface area contributed by atoms with Gasteiger partial charge in [0, 0.05) is 19.7 Å². The molecular weight excluding hydrogens is 252 g/mol. The topological polar surface area (TPSA) is 102 Å². The number of hydrogen-bond donors (Lipinski definition) is 2. The van der Waals surface area contributed by atoms with Crippen molar-refractivity contribution < 1.29 is 19.6 Å². The van der Waals surface area contributed by atoms with Crippen molar-refractivity contribution in [2.75, 3.05) is 13.7 Å². The minimum absolute atomic E-state index is 0.183. The van der Waals surface area contributed by atoms with Crippen LogP contribution in [0.3, 0.4) is 0 Å². The summed E-state index contributed by atoms with van der Waals surface area (Å²) < 4.78 is 5.13. The van der Waals surface area contributed by atoms with Crippen molar-refractivity contribution in [1.82, 2.24) is 5.32 Å². The fourth-order valence-corrected chi connectivity index (χ4v) is 1.33. The number of hydrogen-bond acceptors (Lipinski definition) is 5. The highest BCUT2D eigenvalue weighted by atomic mass is 16.6. The Bertz CT molecular complexity index is 499. The number of carbonyl (C=O) groups is 1. The second-order valence-corrected chi connectivity index (χ2v) is 4.61. The van der Waals surface area contributed by atoms with Gasteiger partial charge in [0.15, 0.2) is 0 Å². The molecule has 0 unspecified atom stereocenters. The summed E-state index contributed by atoms with van der Waals surface area (Å²) in [4.78, 5) is 22.0. The van der Waals surface area contributed by atoms with E-state index in [0.717, 1.165) is 18.2 Å². The molecule has 19 heavy (non-hydrogen) atoms. The number of phenolic OH excluding ortho intramolecular Hbond substituents is 1. The average molecular weight is 268 g/mol. The number of aromatic hydroxyl groups is 1. The molecule has 0 aliphatic rings. The van der Waals surface area contributed by atoms with E-state index in [1.165, 1.54) is 7.11 Å². The predicted molar refractivity (Wildman–Crippen MR) is 68.2 cm³/mol. The molecule has 1 amide bonds. The van der Waals surface area contributed by atoms with Gasteiger partial charge in [0.25, 0.3) is 11.6 Å². The SMILES string of the molecule is COC(C)(C)CNC(=O)c1cc(O)ccc1[N+](=O)[O-]. The van der Waals surface area contributed by atoms with Crippen molar-refractivity contribution in [3.63, 3.8) is 0 Å². The van der Waals surface area contributed by atoms with Gasteiger partial charge in [0.1, 0.15) is 11.3 Å². The zero-order chi connectivity index (χ0) is 14.6. The number of nitro groups is 1. The Hall–Kier alpha value is -2.15. The average Bonchev–Trinajstić information content (AvgIpc) is 2.35. The van der Waals surface area contributed by atoms with Crippen LogP contribution in [0, 0.1) is 10.1 Å². The maximum Gasteiger partial charge on any atom is 0.282 e. The summed E-state index contributed by atoms with van der Waals surface area (Å²) >= 11 is 0. The minimum atomic E-state index is -0.671. The summed E-state index contributed by atoms with van der Waals surface area (Å²) in [6, 6.07) is 3.31. The molecule has 0 fully saturated rings. The second kappa shape index (κ2) is 5.66. The summed E-state index contributed by atoms with van der Waals surface area (Å²) in [7, 11) is 1.50. The van der Waals surface area contributed by atoms with E-state index in [0.29, 0.717) is 0 Å². The number of rotatable bonds is 5. The zero-order valence-corrected chi connectivity index (χ0v) is 11.0. The van der Waals surface area contributed by atoms with Crippen molar-refractivity contribution >= 4 is 11.6 Å². The van der Waals surface area contributed by atoms with Crippen LogP contribution in [0.25, 0.3) is 0 Å². The lowest BCUT2D eigenvalue weighted by molar-refractivity contribution is -0.385. The Balaban J connectivity index is 2.93.